The Morgan fingerprint density at radius 3 is 2.39 bits per heavy atom. The summed E-state index contributed by atoms with van der Waals surface area (Å²) in [5.74, 6) is -2.20. The Labute approximate surface area is 229 Å². The molecule has 0 spiro atoms. The highest BCUT2D eigenvalue weighted by Crippen LogP contribution is 2.35. The van der Waals surface area contributed by atoms with Gasteiger partial charge in [-0.1, -0.05) is 0 Å². The van der Waals surface area contributed by atoms with Crippen LogP contribution in [0.15, 0.2) is 59.8 Å². The van der Waals surface area contributed by atoms with E-state index < -0.39 is 87.7 Å². The second-order valence-corrected chi connectivity index (χ2v) is 10.8. The fourth-order valence-electron chi connectivity index (χ4n) is 4.34. The van der Waals surface area contributed by atoms with Gasteiger partial charge in [0.15, 0.2) is 0 Å². The van der Waals surface area contributed by atoms with Crippen molar-refractivity contribution in [2.45, 2.75) is 55.8 Å². The van der Waals surface area contributed by atoms with Crippen LogP contribution in [0.4, 0.5) is 30.7 Å². The molecule has 3 heterocycles. The van der Waals surface area contributed by atoms with Gasteiger partial charge in [0.05, 0.1) is 22.2 Å². The van der Waals surface area contributed by atoms with Crippen LogP contribution in [0, 0.1) is 5.82 Å². The lowest BCUT2D eigenvalue weighted by Gasteiger charge is -2.27. The number of amides is 1. The highest BCUT2D eigenvalue weighted by molar-refractivity contribution is 7.89. The van der Waals surface area contributed by atoms with Crippen molar-refractivity contribution in [2.75, 3.05) is 0 Å². The van der Waals surface area contributed by atoms with E-state index in [1.165, 1.54) is 13.0 Å². The molecule has 1 N–H and O–H groups in total. The van der Waals surface area contributed by atoms with Crippen molar-refractivity contribution in [2.24, 2.45) is 0 Å². The molecule has 0 radical (unpaired) electrons. The minimum atomic E-state index is -4.89. The van der Waals surface area contributed by atoms with E-state index in [1.54, 1.807) is 0 Å². The lowest BCUT2D eigenvalue weighted by Crippen LogP contribution is -2.48. The van der Waals surface area contributed by atoms with E-state index in [4.69, 9.17) is 0 Å². The topological polar surface area (TPSA) is 101 Å². The van der Waals surface area contributed by atoms with Crippen LogP contribution in [0.3, 0.4) is 0 Å². The van der Waals surface area contributed by atoms with Crippen molar-refractivity contribution in [1.29, 1.82) is 0 Å². The fraction of sp³-hybridized carbons (Fsp3) is 0.320. The number of halogens is 7. The first-order valence-electron chi connectivity index (χ1n) is 11.9. The number of rotatable bonds is 8. The third-order valence-electron chi connectivity index (χ3n) is 6.36. The number of carbonyl (C=O) groups excluding carboxylic acids is 1. The zero-order valence-corrected chi connectivity index (χ0v) is 21.8. The van der Waals surface area contributed by atoms with E-state index in [1.807, 2.05) is 0 Å². The SMILES string of the molecule is C[C@H]1[C@H](F)C[C@@H](C(=O)NCc2cc(-c3ccc(OC(F)F)nc3)ncc2C(F)(F)F)N1S(=O)(=O)c1ccc(F)cc1. The number of benzene rings is 1. The van der Waals surface area contributed by atoms with Crippen molar-refractivity contribution in [3.8, 4) is 17.1 Å². The van der Waals surface area contributed by atoms with Gasteiger partial charge in [0.25, 0.3) is 0 Å². The summed E-state index contributed by atoms with van der Waals surface area (Å²) in [6.45, 7) is -2.64. The molecule has 3 aromatic rings. The minimum absolute atomic E-state index is 0.0443. The summed E-state index contributed by atoms with van der Waals surface area (Å²) in [4.78, 5) is 20.1. The van der Waals surface area contributed by atoms with Gasteiger partial charge < -0.3 is 10.1 Å². The summed E-state index contributed by atoms with van der Waals surface area (Å²) >= 11 is 0. The Morgan fingerprint density at radius 1 is 1.12 bits per heavy atom. The summed E-state index contributed by atoms with van der Waals surface area (Å²) in [5, 5.41) is 2.25. The van der Waals surface area contributed by atoms with Crippen LogP contribution in [0.2, 0.25) is 0 Å². The monoisotopic (exact) mass is 606 g/mol. The summed E-state index contributed by atoms with van der Waals surface area (Å²) < 4.78 is 125. The van der Waals surface area contributed by atoms with Crippen LogP contribution in [-0.4, -0.2) is 53.5 Å². The molecule has 41 heavy (non-hydrogen) atoms. The minimum Gasteiger partial charge on any atom is -0.417 e. The van der Waals surface area contributed by atoms with Crippen molar-refractivity contribution in [3.05, 3.63) is 71.8 Å². The number of hydrogen-bond donors (Lipinski definition) is 1. The van der Waals surface area contributed by atoms with Crippen LogP contribution in [0.5, 0.6) is 5.88 Å². The van der Waals surface area contributed by atoms with Gasteiger partial charge >= 0.3 is 12.8 Å². The zero-order chi connectivity index (χ0) is 30.1. The van der Waals surface area contributed by atoms with Crippen molar-refractivity contribution in [1.82, 2.24) is 19.6 Å². The fourth-order valence-corrected chi connectivity index (χ4v) is 6.15. The molecule has 1 amide bonds. The molecule has 3 atom stereocenters. The van der Waals surface area contributed by atoms with Gasteiger partial charge in [-0.25, -0.2) is 22.2 Å². The van der Waals surface area contributed by atoms with E-state index in [2.05, 4.69) is 20.0 Å². The Bertz CT molecular complexity index is 1500. The Balaban J connectivity index is 1.59. The molecule has 16 heteroatoms. The van der Waals surface area contributed by atoms with Gasteiger partial charge in [-0.05, 0) is 48.9 Å². The molecule has 1 aliphatic heterocycles. The van der Waals surface area contributed by atoms with Gasteiger partial charge in [-0.2, -0.15) is 26.3 Å². The molecule has 0 saturated carbocycles. The maximum Gasteiger partial charge on any atom is 0.418 e. The average Bonchev–Trinajstić information content (AvgIpc) is 3.21. The molecular weight excluding hydrogens is 585 g/mol. The number of ether oxygens (including phenoxy) is 1. The lowest BCUT2D eigenvalue weighted by molar-refractivity contribution is -0.138. The van der Waals surface area contributed by atoms with Crippen LogP contribution in [0.25, 0.3) is 11.3 Å². The molecule has 1 saturated heterocycles. The van der Waals surface area contributed by atoms with Crippen LogP contribution in [-0.2, 0) is 27.5 Å². The molecule has 0 aliphatic carbocycles. The molecule has 1 fully saturated rings. The number of sulfonamides is 1. The average molecular weight is 607 g/mol. The van der Waals surface area contributed by atoms with E-state index in [0.717, 1.165) is 42.6 Å². The van der Waals surface area contributed by atoms with E-state index in [9.17, 15) is 43.9 Å². The third-order valence-corrected chi connectivity index (χ3v) is 8.37. The Hall–Kier alpha value is -3.79. The summed E-state index contributed by atoms with van der Waals surface area (Å²) in [6.07, 6.45) is -5.64. The van der Waals surface area contributed by atoms with E-state index in [0.29, 0.717) is 10.5 Å². The van der Waals surface area contributed by atoms with Crippen LogP contribution >= 0.6 is 0 Å². The molecule has 8 nitrogen and oxygen atoms in total. The predicted molar refractivity (Wildman–Crippen MR) is 129 cm³/mol. The van der Waals surface area contributed by atoms with Crippen molar-refractivity contribution in [3.63, 3.8) is 0 Å². The number of aromatic nitrogens is 2. The number of nitrogens with one attached hydrogen (secondary N) is 1. The van der Waals surface area contributed by atoms with Gasteiger partial charge in [-0.3, -0.25) is 9.78 Å². The first-order chi connectivity index (χ1) is 19.2. The maximum atomic E-state index is 14.7. The van der Waals surface area contributed by atoms with E-state index in [-0.39, 0.29) is 11.3 Å². The van der Waals surface area contributed by atoms with Crippen molar-refractivity contribution >= 4 is 15.9 Å². The van der Waals surface area contributed by atoms with E-state index >= 15 is 0 Å². The summed E-state index contributed by atoms with van der Waals surface area (Å²) in [7, 11) is -4.49. The van der Waals surface area contributed by atoms with Gasteiger partial charge in [0, 0.05) is 37.0 Å². The number of pyridine rings is 2. The molecule has 1 aromatic carbocycles. The zero-order valence-electron chi connectivity index (χ0n) is 20.9. The maximum absolute atomic E-state index is 14.7. The van der Waals surface area contributed by atoms with Gasteiger partial charge in [-0.15, -0.1) is 0 Å². The molecule has 0 unspecified atom stereocenters. The summed E-state index contributed by atoms with van der Waals surface area (Å²) in [6, 6.07) is 4.07. The highest BCUT2D eigenvalue weighted by Gasteiger charge is 2.49. The lowest BCUT2D eigenvalue weighted by atomic mass is 10.1. The highest BCUT2D eigenvalue weighted by atomic mass is 32.2. The predicted octanol–water partition coefficient (Wildman–Crippen LogP) is 4.71. The van der Waals surface area contributed by atoms with Gasteiger partial charge in [0.1, 0.15) is 18.0 Å². The summed E-state index contributed by atoms with van der Waals surface area (Å²) in [5.41, 5.74) is -1.56. The molecule has 4 rings (SSSR count). The van der Waals surface area contributed by atoms with Crippen LogP contribution in [0.1, 0.15) is 24.5 Å². The standard InChI is InChI=1S/C25H21F7N4O4S/c1-13-19(27)9-21(36(13)41(38,39)17-5-3-16(26)4-6-17)23(37)35-11-15-8-20(33-12-18(15)25(30,31)32)14-2-7-22(34-10-14)40-24(28)29/h2-8,10,12-13,19,21,24H,9,11H2,1H3,(H,35,37)/t13-,19+,21-/m0/s1. The Kier molecular flexibility index (Phi) is 8.54. The number of hydrogen-bond acceptors (Lipinski definition) is 6. The van der Waals surface area contributed by atoms with Crippen LogP contribution < -0.4 is 10.1 Å². The molecule has 1 aliphatic rings. The first-order valence-corrected chi connectivity index (χ1v) is 13.3. The second-order valence-electron chi connectivity index (χ2n) is 9.00. The molecular formula is C25H21F7N4O4S. The number of alkyl halides is 6. The largest absolute Gasteiger partial charge is 0.418 e. The Morgan fingerprint density at radius 2 is 1.80 bits per heavy atom. The number of nitrogens with zero attached hydrogens (tertiary/aromatic N) is 3. The smallest absolute Gasteiger partial charge is 0.417 e. The first kappa shape index (κ1) is 30.2. The third kappa shape index (κ3) is 6.59. The van der Waals surface area contributed by atoms with Gasteiger partial charge in [0.2, 0.25) is 21.8 Å². The molecule has 2 aromatic heterocycles. The normalized spacial score (nSPS) is 19.9. The number of carbonyl (C=O) groups is 1. The molecule has 0 bridgehead atoms. The molecule has 220 valence electrons. The van der Waals surface area contributed by atoms with Crippen molar-refractivity contribution < 1.29 is 48.7 Å². The second kappa shape index (κ2) is 11.6. The quantitative estimate of drug-likeness (QED) is 0.373.